The highest BCUT2D eigenvalue weighted by molar-refractivity contribution is 7.26. The fourth-order valence-electron chi connectivity index (χ4n) is 6.88. The third-order valence-corrected chi connectivity index (χ3v) is 10.2. The van der Waals surface area contributed by atoms with Crippen LogP contribution in [0.3, 0.4) is 0 Å². The van der Waals surface area contributed by atoms with Gasteiger partial charge in [-0.1, -0.05) is 133 Å². The van der Waals surface area contributed by atoms with Crippen LogP contribution >= 0.6 is 11.3 Å². The molecule has 0 aliphatic rings. The summed E-state index contributed by atoms with van der Waals surface area (Å²) in [5.74, 6) is 0. The zero-order valence-corrected chi connectivity index (χ0v) is 25.9. The summed E-state index contributed by atoms with van der Waals surface area (Å²) in [6.07, 6.45) is 0. The summed E-state index contributed by atoms with van der Waals surface area (Å²) in [6.45, 7) is 0. The van der Waals surface area contributed by atoms with E-state index in [0.29, 0.717) is 0 Å². The van der Waals surface area contributed by atoms with Gasteiger partial charge < -0.3 is 4.90 Å². The lowest BCUT2D eigenvalue weighted by atomic mass is 9.95. The van der Waals surface area contributed by atoms with Gasteiger partial charge in [-0.3, -0.25) is 0 Å². The lowest BCUT2D eigenvalue weighted by Crippen LogP contribution is -2.10. The summed E-state index contributed by atoms with van der Waals surface area (Å²) in [7, 11) is 0. The Morgan fingerprint density at radius 2 is 1.00 bits per heavy atom. The number of hydrogen-bond donors (Lipinski definition) is 0. The van der Waals surface area contributed by atoms with Crippen LogP contribution in [0.5, 0.6) is 0 Å². The van der Waals surface area contributed by atoms with Crippen molar-refractivity contribution in [3.05, 3.63) is 176 Å². The first-order chi connectivity index (χ1) is 22.8. The van der Waals surface area contributed by atoms with E-state index in [1.54, 1.807) is 0 Å². The molecular weight excluding hydrogens is 575 g/mol. The normalized spacial score (nSPS) is 11.5. The number of anilines is 3. The van der Waals surface area contributed by atoms with Crippen LogP contribution in [0.15, 0.2) is 176 Å². The van der Waals surface area contributed by atoms with E-state index in [1.165, 1.54) is 64.0 Å². The van der Waals surface area contributed by atoms with E-state index in [2.05, 4.69) is 181 Å². The minimum atomic E-state index is 1.13. The van der Waals surface area contributed by atoms with Crippen molar-refractivity contribution in [1.29, 1.82) is 0 Å². The van der Waals surface area contributed by atoms with Crippen molar-refractivity contribution < 1.29 is 0 Å². The lowest BCUT2D eigenvalue weighted by Gasteiger charge is -2.27. The minimum absolute atomic E-state index is 1.13. The highest BCUT2D eigenvalue weighted by Crippen LogP contribution is 2.44. The SMILES string of the molecule is c1ccc(-c2ccc(N(c3ccccc3)c3ccc(-c4ccc5c(c4)sc4ccc6ccccc6c45)c4ccccc34)cc2)cc1. The predicted octanol–water partition coefficient (Wildman–Crippen LogP) is 13.2. The fraction of sp³-hybridized carbons (Fsp3) is 0. The molecule has 1 nitrogen and oxygen atoms in total. The molecule has 0 bridgehead atoms. The summed E-state index contributed by atoms with van der Waals surface area (Å²) in [5, 5.41) is 7.77. The molecule has 2 heteroatoms. The van der Waals surface area contributed by atoms with Crippen LogP contribution in [0.1, 0.15) is 0 Å². The number of nitrogens with zero attached hydrogens (tertiary/aromatic N) is 1. The molecule has 1 aromatic heterocycles. The Balaban J connectivity index is 1.19. The molecule has 0 atom stereocenters. The molecule has 0 N–H and O–H groups in total. The average molecular weight is 604 g/mol. The Kier molecular flexibility index (Phi) is 6.40. The standard InChI is InChI=1S/C44H29NS/c1-3-11-30(12-4-1)31-19-23-35(24-20-31)45(34-14-5-2-6-15-34)41-27-26-36(38-17-9-10-18-39(38)41)33-21-25-40-43(29-33)46-42-28-22-32-13-7-8-16-37(32)44(40)42/h1-29H. The number of benzene rings is 8. The van der Waals surface area contributed by atoms with Crippen molar-refractivity contribution in [3.63, 3.8) is 0 Å². The van der Waals surface area contributed by atoms with E-state index >= 15 is 0 Å². The Labute approximate surface area is 272 Å². The van der Waals surface area contributed by atoms with Crippen LogP contribution in [0, 0.1) is 0 Å². The van der Waals surface area contributed by atoms with Gasteiger partial charge in [-0.2, -0.15) is 0 Å². The van der Waals surface area contributed by atoms with Crippen LogP contribution in [-0.2, 0) is 0 Å². The Hall–Kier alpha value is -5.70. The molecule has 0 amide bonds. The van der Waals surface area contributed by atoms with Crippen molar-refractivity contribution in [1.82, 2.24) is 0 Å². The van der Waals surface area contributed by atoms with Gasteiger partial charge >= 0.3 is 0 Å². The predicted molar refractivity (Wildman–Crippen MR) is 200 cm³/mol. The number of thiophene rings is 1. The molecule has 0 radical (unpaired) electrons. The van der Waals surface area contributed by atoms with Crippen LogP contribution in [-0.4, -0.2) is 0 Å². The van der Waals surface area contributed by atoms with Gasteiger partial charge in [-0.05, 0) is 80.9 Å². The second-order valence-corrected chi connectivity index (χ2v) is 12.8. The van der Waals surface area contributed by atoms with Crippen LogP contribution in [0.4, 0.5) is 17.1 Å². The van der Waals surface area contributed by atoms with Crippen LogP contribution < -0.4 is 4.90 Å². The summed E-state index contributed by atoms with van der Waals surface area (Å²) in [4.78, 5) is 2.38. The molecule has 1 heterocycles. The molecule has 9 rings (SSSR count). The third kappa shape index (κ3) is 4.46. The van der Waals surface area contributed by atoms with Gasteiger partial charge in [-0.25, -0.2) is 0 Å². The molecule has 216 valence electrons. The van der Waals surface area contributed by atoms with E-state index in [1.807, 2.05) is 11.3 Å². The first kappa shape index (κ1) is 26.7. The molecular formula is C44H29NS. The molecule has 8 aromatic carbocycles. The van der Waals surface area contributed by atoms with Crippen molar-refractivity contribution in [2.75, 3.05) is 4.90 Å². The summed E-state index contributed by atoms with van der Waals surface area (Å²) in [5.41, 5.74) is 8.34. The third-order valence-electron chi connectivity index (χ3n) is 9.06. The Morgan fingerprint density at radius 3 is 1.80 bits per heavy atom. The maximum Gasteiger partial charge on any atom is 0.0540 e. The van der Waals surface area contributed by atoms with Crippen molar-refractivity contribution >= 4 is 70.1 Å². The number of rotatable bonds is 5. The van der Waals surface area contributed by atoms with Gasteiger partial charge in [0, 0.05) is 36.9 Å². The second-order valence-electron chi connectivity index (χ2n) is 11.7. The molecule has 0 saturated carbocycles. The molecule has 0 aliphatic carbocycles. The second kappa shape index (κ2) is 11.0. The zero-order valence-electron chi connectivity index (χ0n) is 25.1. The Morgan fingerprint density at radius 1 is 0.370 bits per heavy atom. The maximum atomic E-state index is 2.38. The highest BCUT2D eigenvalue weighted by Gasteiger charge is 2.18. The first-order valence-electron chi connectivity index (χ1n) is 15.7. The maximum absolute atomic E-state index is 2.38. The highest BCUT2D eigenvalue weighted by atomic mass is 32.1. The van der Waals surface area contributed by atoms with Gasteiger partial charge in [0.15, 0.2) is 0 Å². The van der Waals surface area contributed by atoms with E-state index in [4.69, 9.17) is 0 Å². The number of hydrogen-bond acceptors (Lipinski definition) is 2. The van der Waals surface area contributed by atoms with E-state index in [-0.39, 0.29) is 0 Å². The van der Waals surface area contributed by atoms with Crippen molar-refractivity contribution in [3.8, 4) is 22.3 Å². The molecule has 9 aromatic rings. The van der Waals surface area contributed by atoms with Crippen LogP contribution in [0.2, 0.25) is 0 Å². The van der Waals surface area contributed by atoms with Crippen molar-refractivity contribution in [2.45, 2.75) is 0 Å². The van der Waals surface area contributed by atoms with Gasteiger partial charge in [0.1, 0.15) is 0 Å². The quantitative estimate of drug-likeness (QED) is 0.189. The minimum Gasteiger partial charge on any atom is -0.310 e. The van der Waals surface area contributed by atoms with E-state index < -0.39 is 0 Å². The molecule has 0 spiro atoms. The lowest BCUT2D eigenvalue weighted by molar-refractivity contribution is 1.30. The molecule has 0 fully saturated rings. The van der Waals surface area contributed by atoms with E-state index in [9.17, 15) is 0 Å². The molecule has 0 unspecified atom stereocenters. The largest absolute Gasteiger partial charge is 0.310 e. The topological polar surface area (TPSA) is 3.24 Å². The summed E-state index contributed by atoms with van der Waals surface area (Å²) in [6, 6.07) is 63.8. The first-order valence-corrected chi connectivity index (χ1v) is 16.5. The van der Waals surface area contributed by atoms with Gasteiger partial charge in [-0.15, -0.1) is 11.3 Å². The van der Waals surface area contributed by atoms with Gasteiger partial charge in [0.2, 0.25) is 0 Å². The van der Waals surface area contributed by atoms with E-state index in [0.717, 1.165) is 17.1 Å². The van der Waals surface area contributed by atoms with Crippen molar-refractivity contribution in [2.24, 2.45) is 0 Å². The summed E-state index contributed by atoms with van der Waals surface area (Å²) < 4.78 is 2.66. The molecule has 0 saturated heterocycles. The summed E-state index contributed by atoms with van der Waals surface area (Å²) >= 11 is 1.88. The Bertz CT molecular complexity index is 2510. The average Bonchev–Trinajstić information content (AvgIpc) is 3.51. The van der Waals surface area contributed by atoms with Crippen LogP contribution in [0.25, 0.3) is 64.0 Å². The molecule has 0 aliphatic heterocycles. The zero-order chi connectivity index (χ0) is 30.5. The fourth-order valence-corrected chi connectivity index (χ4v) is 8.04. The smallest absolute Gasteiger partial charge is 0.0540 e. The molecule has 46 heavy (non-hydrogen) atoms. The number of fused-ring (bicyclic) bond motifs is 6. The van der Waals surface area contributed by atoms with Gasteiger partial charge in [0.25, 0.3) is 0 Å². The monoisotopic (exact) mass is 603 g/mol. The van der Waals surface area contributed by atoms with Gasteiger partial charge in [0.05, 0.1) is 5.69 Å². The number of para-hydroxylation sites is 1.